The van der Waals surface area contributed by atoms with E-state index in [0.29, 0.717) is 24.5 Å². The summed E-state index contributed by atoms with van der Waals surface area (Å²) in [7, 11) is 0. The van der Waals surface area contributed by atoms with Crippen LogP contribution >= 0.6 is 0 Å². The molecule has 3 N–H and O–H groups in total. The van der Waals surface area contributed by atoms with E-state index in [1.165, 1.54) is 0 Å². The van der Waals surface area contributed by atoms with Crippen molar-refractivity contribution in [1.82, 2.24) is 0 Å². The SMILES string of the molecule is Cc1c(O)c(C(C)(C)C)c(C(C)(C)C)c(OC(=O)CC(OCCOCCOCCO)c2c(C(C)(C)C)c(C)c(O)c(C(C)(C)C)c2C(C)(C)C)c1C(C)(C)C. The number of esters is 1. The minimum absolute atomic E-state index is 0.0502. The molecule has 8 nitrogen and oxygen atoms in total. The zero-order valence-electron chi connectivity index (χ0n) is 38.4. The maximum absolute atomic E-state index is 14.8. The van der Waals surface area contributed by atoms with Crippen LogP contribution in [0.2, 0.25) is 0 Å². The van der Waals surface area contributed by atoms with Gasteiger partial charge in [-0.2, -0.15) is 0 Å². The second-order valence-electron chi connectivity index (χ2n) is 21.4. The van der Waals surface area contributed by atoms with Crippen LogP contribution in [0.3, 0.4) is 0 Å². The predicted molar refractivity (Wildman–Crippen MR) is 226 cm³/mol. The van der Waals surface area contributed by atoms with Crippen LogP contribution in [0.4, 0.5) is 0 Å². The van der Waals surface area contributed by atoms with E-state index in [0.717, 1.165) is 44.5 Å². The highest BCUT2D eigenvalue weighted by Gasteiger charge is 2.42. The Morgan fingerprint density at radius 3 is 1.27 bits per heavy atom. The van der Waals surface area contributed by atoms with Crippen LogP contribution in [0.15, 0.2) is 0 Å². The van der Waals surface area contributed by atoms with Gasteiger partial charge in [0.15, 0.2) is 0 Å². The molecule has 0 bridgehead atoms. The van der Waals surface area contributed by atoms with Crippen LogP contribution in [0.1, 0.15) is 187 Å². The molecule has 0 saturated carbocycles. The van der Waals surface area contributed by atoms with Crippen molar-refractivity contribution >= 4 is 5.97 Å². The smallest absolute Gasteiger partial charge is 0.314 e. The quantitative estimate of drug-likeness (QED) is 0.105. The fraction of sp³-hybridized carbons (Fsp3) is 0.723. The van der Waals surface area contributed by atoms with Gasteiger partial charge in [-0.15, -0.1) is 0 Å². The summed E-state index contributed by atoms with van der Waals surface area (Å²) >= 11 is 0. The number of hydrogen-bond acceptors (Lipinski definition) is 8. The van der Waals surface area contributed by atoms with Gasteiger partial charge in [0, 0.05) is 22.3 Å². The molecular weight excluding hydrogens is 693 g/mol. The summed E-state index contributed by atoms with van der Waals surface area (Å²) in [5.41, 5.74) is 4.83. The van der Waals surface area contributed by atoms with Crippen molar-refractivity contribution in [1.29, 1.82) is 0 Å². The van der Waals surface area contributed by atoms with Crippen LogP contribution in [0.5, 0.6) is 17.2 Å². The molecular formula is C47H78O8. The Morgan fingerprint density at radius 2 is 0.873 bits per heavy atom. The van der Waals surface area contributed by atoms with Crippen LogP contribution in [0, 0.1) is 13.8 Å². The molecule has 0 spiro atoms. The third-order valence-corrected chi connectivity index (χ3v) is 9.97. The highest BCUT2D eigenvalue weighted by atomic mass is 16.6. The van der Waals surface area contributed by atoms with Crippen molar-refractivity contribution < 1.29 is 39.1 Å². The summed E-state index contributed by atoms with van der Waals surface area (Å²) < 4.78 is 24.7. The second-order valence-corrected chi connectivity index (χ2v) is 21.4. The first-order valence-corrected chi connectivity index (χ1v) is 20.1. The first-order valence-electron chi connectivity index (χ1n) is 20.1. The lowest BCUT2D eigenvalue weighted by Gasteiger charge is -2.40. The minimum Gasteiger partial charge on any atom is -0.507 e. The molecule has 2 rings (SSSR count). The average Bonchev–Trinajstić information content (AvgIpc) is 2.96. The molecule has 0 saturated heterocycles. The van der Waals surface area contributed by atoms with E-state index in [-0.39, 0.29) is 44.3 Å². The van der Waals surface area contributed by atoms with Crippen LogP contribution in [-0.2, 0) is 51.5 Å². The molecule has 0 aliphatic carbocycles. The van der Waals surface area contributed by atoms with E-state index in [4.69, 9.17) is 24.1 Å². The molecule has 1 unspecified atom stereocenters. The summed E-state index contributed by atoms with van der Waals surface area (Å²) in [6, 6.07) is 0. The van der Waals surface area contributed by atoms with Gasteiger partial charge in [-0.05, 0) is 74.2 Å². The van der Waals surface area contributed by atoms with Crippen molar-refractivity contribution in [3.05, 3.63) is 50.1 Å². The van der Waals surface area contributed by atoms with Crippen LogP contribution in [0.25, 0.3) is 0 Å². The summed E-state index contributed by atoms with van der Waals surface area (Å²) in [5.74, 6) is 0.563. The molecule has 2 aromatic rings. The van der Waals surface area contributed by atoms with Crippen molar-refractivity contribution in [2.24, 2.45) is 0 Å². The van der Waals surface area contributed by atoms with E-state index in [9.17, 15) is 15.0 Å². The summed E-state index contributed by atoms with van der Waals surface area (Å²) in [4.78, 5) is 14.8. The van der Waals surface area contributed by atoms with E-state index in [1.54, 1.807) is 0 Å². The molecule has 0 fully saturated rings. The molecule has 0 radical (unpaired) electrons. The molecule has 0 amide bonds. The van der Waals surface area contributed by atoms with Crippen LogP contribution in [-0.4, -0.2) is 60.9 Å². The van der Waals surface area contributed by atoms with E-state index >= 15 is 0 Å². The van der Waals surface area contributed by atoms with Crippen molar-refractivity contribution in [3.8, 4) is 17.2 Å². The van der Waals surface area contributed by atoms with Crippen LogP contribution < -0.4 is 4.74 Å². The number of phenols is 2. The average molecular weight is 771 g/mol. The van der Waals surface area contributed by atoms with Gasteiger partial charge < -0.3 is 34.3 Å². The number of ether oxygens (including phenoxy) is 4. The van der Waals surface area contributed by atoms with Gasteiger partial charge in [0.25, 0.3) is 0 Å². The Bertz CT molecular complexity index is 1640. The Hall–Kier alpha value is -2.65. The van der Waals surface area contributed by atoms with E-state index in [1.807, 2.05) is 13.8 Å². The summed E-state index contributed by atoms with van der Waals surface area (Å²) in [6.45, 7) is 43.1. The molecule has 55 heavy (non-hydrogen) atoms. The number of aliphatic hydroxyl groups excluding tert-OH is 1. The molecule has 0 heterocycles. The van der Waals surface area contributed by atoms with Crippen molar-refractivity contribution in [3.63, 3.8) is 0 Å². The first kappa shape index (κ1) is 48.5. The lowest BCUT2D eigenvalue weighted by Crippen LogP contribution is -2.32. The third kappa shape index (κ3) is 11.7. The Labute approximate surface area is 334 Å². The molecule has 0 aliphatic heterocycles. The normalized spacial score (nSPS) is 14.1. The van der Waals surface area contributed by atoms with Gasteiger partial charge in [0.1, 0.15) is 17.2 Å². The van der Waals surface area contributed by atoms with Crippen molar-refractivity contribution in [2.75, 3.05) is 39.6 Å². The number of carbonyl (C=O) groups excluding carboxylic acids is 1. The molecule has 1 atom stereocenters. The zero-order valence-corrected chi connectivity index (χ0v) is 38.4. The maximum atomic E-state index is 14.8. The van der Waals surface area contributed by atoms with Gasteiger partial charge in [-0.25, -0.2) is 0 Å². The summed E-state index contributed by atoms with van der Waals surface area (Å²) in [6.07, 6.45) is -0.848. The monoisotopic (exact) mass is 771 g/mol. The highest BCUT2D eigenvalue weighted by molar-refractivity contribution is 5.77. The topological polar surface area (TPSA) is 115 Å². The molecule has 2 aromatic carbocycles. The number of aliphatic hydroxyl groups is 1. The summed E-state index contributed by atoms with van der Waals surface area (Å²) in [5, 5.41) is 32.9. The number of benzene rings is 2. The van der Waals surface area contributed by atoms with E-state index in [2.05, 4.69) is 125 Å². The number of aromatic hydroxyl groups is 2. The fourth-order valence-electron chi connectivity index (χ4n) is 8.15. The maximum Gasteiger partial charge on any atom is 0.314 e. The van der Waals surface area contributed by atoms with E-state index < -0.39 is 44.6 Å². The van der Waals surface area contributed by atoms with Gasteiger partial charge in [-0.3, -0.25) is 4.79 Å². The number of rotatable bonds is 13. The van der Waals surface area contributed by atoms with Gasteiger partial charge in [-0.1, -0.05) is 125 Å². The van der Waals surface area contributed by atoms with Gasteiger partial charge >= 0.3 is 5.97 Å². The third-order valence-electron chi connectivity index (χ3n) is 9.97. The largest absolute Gasteiger partial charge is 0.507 e. The number of hydrogen-bond donors (Lipinski definition) is 3. The predicted octanol–water partition coefficient (Wildman–Crippen LogP) is 10.6. The molecule has 0 aromatic heterocycles. The van der Waals surface area contributed by atoms with Gasteiger partial charge in [0.2, 0.25) is 0 Å². The standard InChI is InChI=1S/C47H78O8/c1-28-33(42(3,4)5)32(35(44(9,10)11)36(39(28)50)45(12,13)14)30(54-26-25-53-24-23-52-22-21-48)27-31(49)55-41-34(43(6,7)8)29(2)40(51)37(46(15,16)17)38(41)47(18,19)20/h30,48,50-51H,21-27H2,1-20H3. The Balaban J connectivity index is 3.01. The lowest BCUT2D eigenvalue weighted by atomic mass is 9.66. The first-order chi connectivity index (χ1) is 24.7. The lowest BCUT2D eigenvalue weighted by molar-refractivity contribution is -0.138. The highest BCUT2D eigenvalue weighted by Crippen LogP contribution is 2.53. The minimum atomic E-state index is -0.748. The number of carbonyl (C=O) groups is 1. The molecule has 314 valence electrons. The Morgan fingerprint density at radius 1 is 0.509 bits per heavy atom. The molecule has 8 heteroatoms. The van der Waals surface area contributed by atoms with Crippen molar-refractivity contribution in [2.45, 2.75) is 183 Å². The second kappa shape index (κ2) is 17.5. The zero-order chi connectivity index (χ0) is 42.9. The fourth-order valence-corrected chi connectivity index (χ4v) is 8.15. The molecule has 0 aliphatic rings. The van der Waals surface area contributed by atoms with Gasteiger partial charge in [0.05, 0.1) is 52.2 Å². The number of phenolic OH excluding ortho intramolecular Hbond substituents is 2. The Kier molecular flexibility index (Phi) is 15.4.